The van der Waals surface area contributed by atoms with E-state index >= 15 is 0 Å². The number of aromatic nitrogens is 2. The molecule has 25 heavy (non-hydrogen) atoms. The molecule has 0 spiro atoms. The maximum Gasteiger partial charge on any atom is 0.249 e. The van der Waals surface area contributed by atoms with Crippen LogP contribution in [0.15, 0.2) is 48.8 Å². The van der Waals surface area contributed by atoms with Crippen LogP contribution in [0.4, 0.5) is 0 Å². The number of piperidine rings is 1. The predicted octanol–water partition coefficient (Wildman–Crippen LogP) is 1.99. The summed E-state index contributed by atoms with van der Waals surface area (Å²) in [6, 6.07) is 10.8. The van der Waals surface area contributed by atoms with Crippen molar-refractivity contribution < 1.29 is 9.59 Å². The summed E-state index contributed by atoms with van der Waals surface area (Å²) in [7, 11) is 0. The fourth-order valence-corrected chi connectivity index (χ4v) is 3.18. The first-order chi connectivity index (χ1) is 12.3. The highest BCUT2D eigenvalue weighted by Gasteiger charge is 2.23. The number of amides is 2. The van der Waals surface area contributed by atoms with Crippen molar-refractivity contribution in [3.8, 4) is 0 Å². The highest BCUT2D eigenvalue weighted by Crippen LogP contribution is 2.17. The Balaban J connectivity index is 1.58. The fraction of sp³-hybridized carbons (Fsp3) is 0.421. The van der Waals surface area contributed by atoms with Gasteiger partial charge in [0.2, 0.25) is 11.8 Å². The van der Waals surface area contributed by atoms with Gasteiger partial charge in [0.1, 0.15) is 0 Å². The molecule has 1 aromatic heterocycles. The molecule has 0 radical (unpaired) electrons. The lowest BCUT2D eigenvalue weighted by Crippen LogP contribution is -2.39. The zero-order valence-electron chi connectivity index (χ0n) is 14.3. The highest BCUT2D eigenvalue weighted by atomic mass is 16.2. The van der Waals surface area contributed by atoms with Crippen molar-refractivity contribution in [2.24, 2.45) is 0 Å². The van der Waals surface area contributed by atoms with Crippen LogP contribution in [0.1, 0.15) is 37.3 Å². The van der Waals surface area contributed by atoms with E-state index < -0.39 is 6.04 Å². The summed E-state index contributed by atoms with van der Waals surface area (Å²) in [4.78, 5) is 26.8. The van der Waals surface area contributed by atoms with Crippen molar-refractivity contribution in [3.05, 3.63) is 54.4 Å². The Morgan fingerprint density at radius 3 is 2.52 bits per heavy atom. The van der Waals surface area contributed by atoms with Gasteiger partial charge in [-0.15, -0.1) is 0 Å². The molecule has 1 aromatic carbocycles. The molecule has 6 nitrogen and oxygen atoms in total. The van der Waals surface area contributed by atoms with Gasteiger partial charge in [0.05, 0.1) is 0 Å². The van der Waals surface area contributed by atoms with Gasteiger partial charge in [0.25, 0.3) is 0 Å². The molecule has 1 N–H and O–H groups in total. The first-order valence-electron chi connectivity index (χ1n) is 8.85. The summed E-state index contributed by atoms with van der Waals surface area (Å²) in [6.45, 7) is 2.03. The molecule has 0 saturated carbocycles. The zero-order valence-corrected chi connectivity index (χ0v) is 14.3. The Hall–Kier alpha value is -2.63. The van der Waals surface area contributed by atoms with Crippen molar-refractivity contribution in [1.29, 1.82) is 0 Å². The predicted molar refractivity (Wildman–Crippen MR) is 94.9 cm³/mol. The van der Waals surface area contributed by atoms with Gasteiger partial charge in [0.15, 0.2) is 6.04 Å². The molecule has 2 heterocycles. The summed E-state index contributed by atoms with van der Waals surface area (Å²) in [5.74, 6) is -0.0308. The molecule has 1 fully saturated rings. The molecule has 0 bridgehead atoms. The Kier molecular flexibility index (Phi) is 5.82. The molecule has 1 aliphatic heterocycles. The van der Waals surface area contributed by atoms with Crippen LogP contribution in [-0.2, 0) is 9.59 Å². The van der Waals surface area contributed by atoms with Crippen LogP contribution >= 0.6 is 0 Å². The molecule has 6 heteroatoms. The van der Waals surface area contributed by atoms with Gasteiger partial charge >= 0.3 is 0 Å². The topological polar surface area (TPSA) is 67.2 Å². The van der Waals surface area contributed by atoms with E-state index in [9.17, 15) is 9.59 Å². The average Bonchev–Trinajstić information content (AvgIpc) is 3.17. The molecule has 2 aromatic rings. The third-order valence-corrected chi connectivity index (χ3v) is 4.50. The van der Waals surface area contributed by atoms with Crippen LogP contribution in [0, 0.1) is 0 Å². The SMILES string of the molecule is O=C(NCCC(=O)N1CCCCC1)C(c1ccccc1)n1cccn1. The van der Waals surface area contributed by atoms with E-state index in [-0.39, 0.29) is 11.8 Å². The van der Waals surface area contributed by atoms with Crippen molar-refractivity contribution in [3.63, 3.8) is 0 Å². The summed E-state index contributed by atoms with van der Waals surface area (Å²) >= 11 is 0. The van der Waals surface area contributed by atoms with E-state index in [2.05, 4.69) is 10.4 Å². The van der Waals surface area contributed by atoms with E-state index in [1.54, 1.807) is 23.1 Å². The van der Waals surface area contributed by atoms with Gasteiger partial charge in [-0.3, -0.25) is 14.3 Å². The number of carbonyl (C=O) groups excluding carboxylic acids is 2. The number of benzene rings is 1. The minimum Gasteiger partial charge on any atom is -0.353 e. The Labute approximate surface area is 147 Å². The van der Waals surface area contributed by atoms with Crippen LogP contribution in [0.3, 0.4) is 0 Å². The van der Waals surface area contributed by atoms with Gasteiger partial charge in [-0.2, -0.15) is 5.10 Å². The van der Waals surface area contributed by atoms with Crippen LogP contribution < -0.4 is 5.32 Å². The smallest absolute Gasteiger partial charge is 0.249 e. The summed E-state index contributed by atoms with van der Waals surface area (Å²) in [5, 5.41) is 7.10. The molecular weight excluding hydrogens is 316 g/mol. The Morgan fingerprint density at radius 1 is 1.08 bits per heavy atom. The first-order valence-corrected chi connectivity index (χ1v) is 8.85. The minimum absolute atomic E-state index is 0.121. The number of hydrogen-bond acceptors (Lipinski definition) is 3. The molecule has 1 atom stereocenters. The van der Waals surface area contributed by atoms with Crippen molar-refractivity contribution in [2.45, 2.75) is 31.7 Å². The zero-order chi connectivity index (χ0) is 17.5. The standard InChI is InChI=1S/C19H24N4O2/c24-17(22-13-5-2-6-14-22)10-12-20-19(25)18(23-15-7-11-21-23)16-8-3-1-4-9-16/h1,3-4,7-9,11,15,18H,2,5-6,10,12-14H2,(H,20,25). The van der Waals surface area contributed by atoms with Crippen molar-refractivity contribution >= 4 is 11.8 Å². The van der Waals surface area contributed by atoms with Gasteiger partial charge in [-0.1, -0.05) is 30.3 Å². The second kappa shape index (κ2) is 8.46. The van der Waals surface area contributed by atoms with Crippen LogP contribution in [0.2, 0.25) is 0 Å². The van der Waals surface area contributed by atoms with Gasteiger partial charge in [-0.05, 0) is 30.9 Å². The van der Waals surface area contributed by atoms with Crippen LogP contribution in [-0.4, -0.2) is 46.1 Å². The van der Waals surface area contributed by atoms with Crippen molar-refractivity contribution in [2.75, 3.05) is 19.6 Å². The maximum absolute atomic E-state index is 12.7. The van der Waals surface area contributed by atoms with Crippen LogP contribution in [0.5, 0.6) is 0 Å². The normalized spacial score (nSPS) is 15.6. The quantitative estimate of drug-likeness (QED) is 0.874. The summed E-state index contributed by atoms with van der Waals surface area (Å²) < 4.78 is 1.64. The lowest BCUT2D eigenvalue weighted by atomic mass is 10.1. The van der Waals surface area contributed by atoms with Gasteiger partial charge < -0.3 is 10.2 Å². The monoisotopic (exact) mass is 340 g/mol. The lowest BCUT2D eigenvalue weighted by Gasteiger charge is -2.27. The molecular formula is C19H24N4O2. The lowest BCUT2D eigenvalue weighted by molar-refractivity contribution is -0.132. The van der Waals surface area contributed by atoms with E-state index in [1.807, 2.05) is 35.2 Å². The number of carbonyl (C=O) groups is 2. The Bertz CT molecular complexity index is 679. The van der Waals surface area contributed by atoms with E-state index in [1.165, 1.54) is 6.42 Å². The fourth-order valence-electron chi connectivity index (χ4n) is 3.18. The van der Waals surface area contributed by atoms with E-state index in [0.29, 0.717) is 13.0 Å². The molecule has 0 aliphatic carbocycles. The third-order valence-electron chi connectivity index (χ3n) is 4.50. The van der Waals surface area contributed by atoms with E-state index in [4.69, 9.17) is 0 Å². The number of nitrogens with zero attached hydrogens (tertiary/aromatic N) is 3. The largest absolute Gasteiger partial charge is 0.353 e. The third kappa shape index (κ3) is 4.47. The molecule has 1 aliphatic rings. The summed E-state index contributed by atoms with van der Waals surface area (Å²) in [5.41, 5.74) is 0.867. The van der Waals surface area contributed by atoms with Crippen LogP contribution in [0.25, 0.3) is 0 Å². The molecule has 132 valence electrons. The minimum atomic E-state index is -0.527. The summed E-state index contributed by atoms with van der Waals surface area (Å²) in [6.07, 6.45) is 7.12. The molecule has 2 amide bonds. The van der Waals surface area contributed by atoms with E-state index in [0.717, 1.165) is 31.5 Å². The average molecular weight is 340 g/mol. The second-order valence-corrected chi connectivity index (χ2v) is 6.28. The number of rotatable bonds is 6. The van der Waals surface area contributed by atoms with Crippen molar-refractivity contribution in [1.82, 2.24) is 20.0 Å². The molecule has 1 saturated heterocycles. The number of hydrogen-bond donors (Lipinski definition) is 1. The first kappa shape index (κ1) is 17.2. The maximum atomic E-state index is 12.7. The number of likely N-dealkylation sites (tertiary alicyclic amines) is 1. The van der Waals surface area contributed by atoms with Gasteiger partial charge in [-0.25, -0.2) is 0 Å². The number of nitrogens with one attached hydrogen (secondary N) is 1. The second-order valence-electron chi connectivity index (χ2n) is 6.28. The van der Waals surface area contributed by atoms with Gasteiger partial charge in [0, 0.05) is 38.4 Å². The molecule has 3 rings (SSSR count). The Morgan fingerprint density at radius 2 is 1.84 bits per heavy atom. The highest BCUT2D eigenvalue weighted by molar-refractivity contribution is 5.84. The molecule has 1 unspecified atom stereocenters.